The highest BCUT2D eigenvalue weighted by molar-refractivity contribution is 5.91. The number of rotatable bonds is 5. The summed E-state index contributed by atoms with van der Waals surface area (Å²) in [6, 6.07) is 16.0. The molecular weight excluding hydrogens is 354 g/mol. The SMILES string of the molecule is O=C(Nc1cc(N2CCCC2)ccc1N1CCOCC1)OCc1ccccc1. The predicted octanol–water partition coefficient (Wildman–Crippen LogP) is 3.87. The van der Waals surface area contributed by atoms with E-state index in [2.05, 4.69) is 33.3 Å². The van der Waals surface area contributed by atoms with E-state index in [1.165, 1.54) is 12.8 Å². The van der Waals surface area contributed by atoms with Crippen LogP contribution in [0.2, 0.25) is 0 Å². The molecule has 6 heteroatoms. The highest BCUT2D eigenvalue weighted by Gasteiger charge is 2.19. The van der Waals surface area contributed by atoms with Gasteiger partial charge in [0.2, 0.25) is 0 Å². The Hall–Kier alpha value is -2.73. The third-order valence-corrected chi connectivity index (χ3v) is 5.25. The summed E-state index contributed by atoms with van der Waals surface area (Å²) in [6.07, 6.45) is 2.00. The zero-order valence-corrected chi connectivity index (χ0v) is 16.1. The molecule has 2 heterocycles. The minimum Gasteiger partial charge on any atom is -0.444 e. The Labute approximate surface area is 166 Å². The molecule has 0 bridgehead atoms. The average Bonchev–Trinajstić information content (AvgIpc) is 3.29. The summed E-state index contributed by atoms with van der Waals surface area (Å²) in [4.78, 5) is 17.1. The molecule has 6 nitrogen and oxygen atoms in total. The third-order valence-electron chi connectivity index (χ3n) is 5.25. The van der Waals surface area contributed by atoms with Crippen LogP contribution < -0.4 is 15.1 Å². The number of morpholine rings is 1. The van der Waals surface area contributed by atoms with Crippen LogP contribution in [0.3, 0.4) is 0 Å². The Bertz CT molecular complexity index is 785. The first-order valence-corrected chi connectivity index (χ1v) is 9.99. The fourth-order valence-electron chi connectivity index (χ4n) is 3.75. The first-order chi connectivity index (χ1) is 13.8. The fourth-order valence-corrected chi connectivity index (χ4v) is 3.75. The highest BCUT2D eigenvalue weighted by Crippen LogP contribution is 2.33. The van der Waals surface area contributed by atoms with Gasteiger partial charge in [-0.05, 0) is 36.6 Å². The number of ether oxygens (including phenoxy) is 2. The Kier molecular flexibility index (Phi) is 5.97. The Morgan fingerprint density at radius 3 is 2.46 bits per heavy atom. The normalized spacial score (nSPS) is 16.9. The second-order valence-corrected chi connectivity index (χ2v) is 7.18. The number of carbonyl (C=O) groups excluding carboxylic acids is 1. The lowest BCUT2D eigenvalue weighted by Crippen LogP contribution is -2.36. The van der Waals surface area contributed by atoms with Crippen molar-refractivity contribution in [1.29, 1.82) is 0 Å². The second kappa shape index (κ2) is 8.97. The highest BCUT2D eigenvalue weighted by atomic mass is 16.5. The van der Waals surface area contributed by atoms with Crippen molar-refractivity contribution in [3.8, 4) is 0 Å². The van der Waals surface area contributed by atoms with Crippen LogP contribution in [0.5, 0.6) is 0 Å². The van der Waals surface area contributed by atoms with Gasteiger partial charge in [0.15, 0.2) is 0 Å². The number of hydrogen-bond acceptors (Lipinski definition) is 5. The van der Waals surface area contributed by atoms with Crippen LogP contribution in [0.1, 0.15) is 18.4 Å². The zero-order valence-electron chi connectivity index (χ0n) is 16.1. The molecule has 2 aromatic rings. The third kappa shape index (κ3) is 4.57. The van der Waals surface area contributed by atoms with Crippen LogP contribution in [-0.2, 0) is 16.1 Å². The van der Waals surface area contributed by atoms with E-state index in [1.54, 1.807) is 0 Å². The standard InChI is InChI=1S/C22H27N3O3/c26-22(28-17-18-6-2-1-3-7-18)23-20-16-19(24-10-4-5-11-24)8-9-21(20)25-12-14-27-15-13-25/h1-3,6-9,16H,4-5,10-15,17H2,(H,23,26). The fraction of sp³-hybridized carbons (Fsp3) is 0.409. The largest absolute Gasteiger partial charge is 0.444 e. The summed E-state index contributed by atoms with van der Waals surface area (Å²) in [7, 11) is 0. The van der Waals surface area contributed by atoms with E-state index < -0.39 is 6.09 Å². The van der Waals surface area contributed by atoms with E-state index in [-0.39, 0.29) is 6.61 Å². The van der Waals surface area contributed by atoms with Gasteiger partial charge in [0.05, 0.1) is 24.6 Å². The molecule has 0 saturated carbocycles. The first kappa shape index (κ1) is 18.6. The van der Waals surface area contributed by atoms with Crippen molar-refractivity contribution in [2.75, 3.05) is 54.5 Å². The van der Waals surface area contributed by atoms with E-state index >= 15 is 0 Å². The maximum Gasteiger partial charge on any atom is 0.412 e. The molecule has 4 rings (SSSR count). The topological polar surface area (TPSA) is 54.0 Å². The molecule has 148 valence electrons. The van der Waals surface area contributed by atoms with Crippen molar-refractivity contribution < 1.29 is 14.3 Å². The summed E-state index contributed by atoms with van der Waals surface area (Å²) < 4.78 is 10.9. The van der Waals surface area contributed by atoms with Crippen molar-refractivity contribution in [2.24, 2.45) is 0 Å². The Morgan fingerprint density at radius 2 is 1.71 bits per heavy atom. The van der Waals surface area contributed by atoms with Gasteiger partial charge in [-0.1, -0.05) is 30.3 Å². The molecule has 0 spiro atoms. The van der Waals surface area contributed by atoms with Gasteiger partial charge >= 0.3 is 6.09 Å². The molecule has 2 aromatic carbocycles. The molecule has 2 fully saturated rings. The summed E-state index contributed by atoms with van der Waals surface area (Å²) >= 11 is 0. The lowest BCUT2D eigenvalue weighted by molar-refractivity contribution is 0.123. The van der Waals surface area contributed by atoms with E-state index in [4.69, 9.17) is 9.47 Å². The Balaban J connectivity index is 1.49. The van der Waals surface area contributed by atoms with Crippen LogP contribution in [-0.4, -0.2) is 45.5 Å². The van der Waals surface area contributed by atoms with Crippen molar-refractivity contribution in [2.45, 2.75) is 19.4 Å². The van der Waals surface area contributed by atoms with Gasteiger partial charge in [-0.3, -0.25) is 5.32 Å². The predicted molar refractivity (Wildman–Crippen MR) is 111 cm³/mol. The first-order valence-electron chi connectivity index (χ1n) is 9.99. The number of benzene rings is 2. The molecule has 0 atom stereocenters. The number of anilines is 3. The summed E-state index contributed by atoms with van der Waals surface area (Å²) in [5, 5.41) is 2.97. The number of nitrogens with one attached hydrogen (secondary N) is 1. The van der Waals surface area contributed by atoms with E-state index in [9.17, 15) is 4.79 Å². The van der Waals surface area contributed by atoms with Gasteiger partial charge in [-0.25, -0.2) is 4.79 Å². The maximum absolute atomic E-state index is 12.5. The lowest BCUT2D eigenvalue weighted by Gasteiger charge is -2.31. The van der Waals surface area contributed by atoms with Crippen LogP contribution >= 0.6 is 0 Å². The van der Waals surface area contributed by atoms with Crippen LogP contribution in [0.4, 0.5) is 21.9 Å². The van der Waals surface area contributed by atoms with Crippen molar-refractivity contribution in [1.82, 2.24) is 0 Å². The molecule has 0 unspecified atom stereocenters. The monoisotopic (exact) mass is 381 g/mol. The zero-order chi connectivity index (χ0) is 19.2. The smallest absolute Gasteiger partial charge is 0.412 e. The maximum atomic E-state index is 12.5. The Morgan fingerprint density at radius 1 is 0.964 bits per heavy atom. The summed E-state index contributed by atoms with van der Waals surface area (Å²) in [5.41, 5.74) is 3.93. The number of nitrogens with zero attached hydrogens (tertiary/aromatic N) is 2. The van der Waals surface area contributed by atoms with Crippen LogP contribution in [0, 0.1) is 0 Å². The van der Waals surface area contributed by atoms with Gasteiger partial charge in [0, 0.05) is 31.9 Å². The number of amides is 1. The van der Waals surface area contributed by atoms with Gasteiger partial charge in [-0.15, -0.1) is 0 Å². The number of carbonyl (C=O) groups is 1. The molecule has 0 aliphatic carbocycles. The summed E-state index contributed by atoms with van der Waals surface area (Å²) in [5.74, 6) is 0. The molecule has 1 amide bonds. The van der Waals surface area contributed by atoms with Gasteiger partial charge in [0.25, 0.3) is 0 Å². The molecule has 0 radical (unpaired) electrons. The molecule has 2 aliphatic heterocycles. The average molecular weight is 381 g/mol. The quantitative estimate of drug-likeness (QED) is 0.852. The minimum absolute atomic E-state index is 0.255. The molecular formula is C22H27N3O3. The molecule has 0 aromatic heterocycles. The lowest BCUT2D eigenvalue weighted by atomic mass is 10.2. The second-order valence-electron chi connectivity index (χ2n) is 7.18. The molecule has 2 aliphatic rings. The molecule has 28 heavy (non-hydrogen) atoms. The van der Waals surface area contributed by atoms with Crippen molar-refractivity contribution >= 4 is 23.2 Å². The van der Waals surface area contributed by atoms with Crippen molar-refractivity contribution in [3.63, 3.8) is 0 Å². The molecule has 2 saturated heterocycles. The van der Waals surface area contributed by atoms with Gasteiger partial charge in [0.1, 0.15) is 6.61 Å². The van der Waals surface area contributed by atoms with Crippen LogP contribution in [0.15, 0.2) is 48.5 Å². The molecule has 1 N–H and O–H groups in total. The minimum atomic E-state index is -0.433. The van der Waals surface area contributed by atoms with Gasteiger partial charge in [-0.2, -0.15) is 0 Å². The van der Waals surface area contributed by atoms with E-state index in [1.807, 2.05) is 30.3 Å². The summed E-state index contributed by atoms with van der Waals surface area (Å²) in [6.45, 7) is 5.42. The van der Waals surface area contributed by atoms with Gasteiger partial charge < -0.3 is 19.3 Å². The van der Waals surface area contributed by atoms with E-state index in [0.29, 0.717) is 13.2 Å². The number of hydrogen-bond donors (Lipinski definition) is 1. The van der Waals surface area contributed by atoms with E-state index in [0.717, 1.165) is 48.8 Å². The van der Waals surface area contributed by atoms with Crippen LogP contribution in [0.25, 0.3) is 0 Å². The van der Waals surface area contributed by atoms with Crippen molar-refractivity contribution in [3.05, 3.63) is 54.1 Å².